The maximum absolute atomic E-state index is 5.78. The van der Waals surface area contributed by atoms with Gasteiger partial charge >= 0.3 is 0 Å². The lowest BCUT2D eigenvalue weighted by Gasteiger charge is -2.26. The van der Waals surface area contributed by atoms with E-state index in [9.17, 15) is 0 Å². The number of aromatic nitrogens is 2. The van der Waals surface area contributed by atoms with Crippen LogP contribution in [-0.4, -0.2) is 36.1 Å². The van der Waals surface area contributed by atoms with Crippen molar-refractivity contribution in [1.82, 2.24) is 15.3 Å². The van der Waals surface area contributed by atoms with E-state index in [-0.39, 0.29) is 0 Å². The SMILES string of the molecule is CNc1cc(N2CCCC2CNCc2ccc(Cl)o2)ncn1. The monoisotopic (exact) mass is 321 g/mol. The molecule has 118 valence electrons. The van der Waals surface area contributed by atoms with Crippen LogP contribution in [0.15, 0.2) is 28.9 Å². The fraction of sp³-hybridized carbons (Fsp3) is 0.467. The van der Waals surface area contributed by atoms with Crippen LogP contribution in [0, 0.1) is 0 Å². The smallest absolute Gasteiger partial charge is 0.193 e. The number of anilines is 2. The second-order valence-electron chi connectivity index (χ2n) is 5.34. The summed E-state index contributed by atoms with van der Waals surface area (Å²) < 4.78 is 5.35. The van der Waals surface area contributed by atoms with Crippen molar-refractivity contribution < 1.29 is 4.42 Å². The quantitative estimate of drug-likeness (QED) is 0.852. The molecule has 2 N–H and O–H groups in total. The predicted molar refractivity (Wildman–Crippen MR) is 87.4 cm³/mol. The molecule has 22 heavy (non-hydrogen) atoms. The van der Waals surface area contributed by atoms with Crippen LogP contribution in [0.1, 0.15) is 18.6 Å². The number of hydrogen-bond acceptors (Lipinski definition) is 6. The van der Waals surface area contributed by atoms with Crippen molar-refractivity contribution in [2.45, 2.75) is 25.4 Å². The second-order valence-corrected chi connectivity index (χ2v) is 5.71. The third-order valence-electron chi connectivity index (χ3n) is 3.89. The van der Waals surface area contributed by atoms with E-state index in [4.69, 9.17) is 16.0 Å². The number of nitrogens with zero attached hydrogens (tertiary/aromatic N) is 3. The van der Waals surface area contributed by atoms with Crippen molar-refractivity contribution in [2.75, 3.05) is 30.4 Å². The van der Waals surface area contributed by atoms with E-state index in [1.807, 2.05) is 19.2 Å². The van der Waals surface area contributed by atoms with Crippen molar-refractivity contribution in [3.8, 4) is 0 Å². The second kappa shape index (κ2) is 6.98. The standard InChI is InChI=1S/C15H20ClN5O/c1-17-14-7-15(20-10-19-14)21-6-2-3-11(21)8-18-9-12-4-5-13(16)22-12/h4-5,7,10-11,18H,2-3,6,8-9H2,1H3,(H,17,19,20). The minimum Gasteiger partial charge on any atom is -0.448 e. The predicted octanol–water partition coefficient (Wildman–Crippen LogP) is 2.52. The van der Waals surface area contributed by atoms with Gasteiger partial charge in [-0.25, -0.2) is 9.97 Å². The Morgan fingerprint density at radius 3 is 3.09 bits per heavy atom. The van der Waals surface area contributed by atoms with Gasteiger partial charge in [0, 0.05) is 32.2 Å². The minimum atomic E-state index is 0.430. The molecule has 6 nitrogen and oxygen atoms in total. The van der Waals surface area contributed by atoms with Crippen molar-refractivity contribution in [2.24, 2.45) is 0 Å². The summed E-state index contributed by atoms with van der Waals surface area (Å²) >= 11 is 5.78. The first-order valence-corrected chi connectivity index (χ1v) is 7.85. The molecule has 1 fully saturated rings. The fourth-order valence-electron chi connectivity index (χ4n) is 2.80. The van der Waals surface area contributed by atoms with E-state index in [1.165, 1.54) is 6.42 Å². The summed E-state index contributed by atoms with van der Waals surface area (Å²) in [6.07, 6.45) is 3.94. The topological polar surface area (TPSA) is 66.2 Å². The number of furan rings is 1. The van der Waals surface area contributed by atoms with Gasteiger partial charge in [0.2, 0.25) is 0 Å². The highest BCUT2D eigenvalue weighted by Crippen LogP contribution is 2.24. The lowest BCUT2D eigenvalue weighted by atomic mass is 10.2. The average molecular weight is 322 g/mol. The molecule has 1 aliphatic heterocycles. The Morgan fingerprint density at radius 1 is 1.41 bits per heavy atom. The molecule has 0 aromatic carbocycles. The molecule has 0 aliphatic carbocycles. The Morgan fingerprint density at radius 2 is 2.32 bits per heavy atom. The van der Waals surface area contributed by atoms with Crippen LogP contribution in [0.5, 0.6) is 0 Å². The van der Waals surface area contributed by atoms with Gasteiger partial charge in [0.15, 0.2) is 5.22 Å². The summed E-state index contributed by atoms with van der Waals surface area (Å²) in [5.41, 5.74) is 0. The number of rotatable bonds is 6. The Bertz CT molecular complexity index is 617. The van der Waals surface area contributed by atoms with E-state index < -0.39 is 0 Å². The highest BCUT2D eigenvalue weighted by atomic mass is 35.5. The van der Waals surface area contributed by atoms with Crippen LogP contribution in [0.25, 0.3) is 0 Å². The van der Waals surface area contributed by atoms with Gasteiger partial charge in [-0.15, -0.1) is 0 Å². The zero-order chi connectivity index (χ0) is 15.4. The van der Waals surface area contributed by atoms with Gasteiger partial charge in [0.25, 0.3) is 0 Å². The Labute approximate surface area is 134 Å². The molecule has 0 spiro atoms. The summed E-state index contributed by atoms with van der Waals surface area (Å²) in [4.78, 5) is 10.9. The first-order valence-electron chi connectivity index (χ1n) is 7.47. The molecule has 2 aromatic heterocycles. The Balaban J connectivity index is 1.58. The average Bonchev–Trinajstić information content (AvgIpc) is 3.16. The summed E-state index contributed by atoms with van der Waals surface area (Å²) in [7, 11) is 1.86. The third-order valence-corrected chi connectivity index (χ3v) is 4.09. The van der Waals surface area contributed by atoms with Gasteiger partial charge < -0.3 is 20.0 Å². The fourth-order valence-corrected chi connectivity index (χ4v) is 2.96. The molecule has 1 saturated heterocycles. The van der Waals surface area contributed by atoms with E-state index in [0.717, 1.165) is 36.9 Å². The van der Waals surface area contributed by atoms with Gasteiger partial charge in [0.05, 0.1) is 6.54 Å². The minimum absolute atomic E-state index is 0.430. The van der Waals surface area contributed by atoms with Crippen LogP contribution >= 0.6 is 11.6 Å². The molecule has 3 heterocycles. The molecular weight excluding hydrogens is 302 g/mol. The summed E-state index contributed by atoms with van der Waals surface area (Å²) in [5, 5.41) is 6.92. The number of nitrogens with one attached hydrogen (secondary N) is 2. The van der Waals surface area contributed by atoms with Crippen molar-refractivity contribution in [3.63, 3.8) is 0 Å². The molecule has 0 bridgehead atoms. The largest absolute Gasteiger partial charge is 0.448 e. The Hall–Kier alpha value is -1.79. The lowest BCUT2D eigenvalue weighted by Crippen LogP contribution is -2.38. The van der Waals surface area contributed by atoms with Gasteiger partial charge in [0.1, 0.15) is 23.7 Å². The molecule has 1 unspecified atom stereocenters. The van der Waals surface area contributed by atoms with Crippen LogP contribution in [0.4, 0.5) is 11.6 Å². The molecule has 0 saturated carbocycles. The van der Waals surface area contributed by atoms with E-state index in [1.54, 1.807) is 12.4 Å². The van der Waals surface area contributed by atoms with Crippen LogP contribution in [0.2, 0.25) is 5.22 Å². The molecule has 7 heteroatoms. The molecule has 1 aliphatic rings. The zero-order valence-electron chi connectivity index (χ0n) is 12.6. The van der Waals surface area contributed by atoms with E-state index >= 15 is 0 Å². The summed E-state index contributed by atoms with van der Waals surface area (Å²) in [6.45, 7) is 2.60. The first-order chi connectivity index (χ1) is 10.8. The lowest BCUT2D eigenvalue weighted by molar-refractivity contribution is 0.472. The van der Waals surface area contributed by atoms with Crippen molar-refractivity contribution in [1.29, 1.82) is 0 Å². The molecule has 0 radical (unpaired) electrons. The normalized spacial score (nSPS) is 17.9. The van der Waals surface area contributed by atoms with Crippen molar-refractivity contribution in [3.05, 3.63) is 35.5 Å². The molecule has 3 rings (SSSR count). The Kier molecular flexibility index (Phi) is 4.80. The molecule has 0 amide bonds. The maximum atomic E-state index is 5.78. The zero-order valence-corrected chi connectivity index (χ0v) is 13.3. The van der Waals surface area contributed by atoms with Gasteiger partial charge in [-0.05, 0) is 36.6 Å². The third kappa shape index (κ3) is 3.51. The number of hydrogen-bond donors (Lipinski definition) is 2. The van der Waals surface area contributed by atoms with Crippen molar-refractivity contribution >= 4 is 23.2 Å². The molecule has 1 atom stereocenters. The van der Waals surface area contributed by atoms with Crippen LogP contribution < -0.4 is 15.5 Å². The molecular formula is C15H20ClN5O. The van der Waals surface area contributed by atoms with E-state index in [0.29, 0.717) is 17.8 Å². The van der Waals surface area contributed by atoms with Gasteiger partial charge in [-0.2, -0.15) is 0 Å². The summed E-state index contributed by atoms with van der Waals surface area (Å²) in [6, 6.07) is 6.08. The number of halogens is 1. The highest BCUT2D eigenvalue weighted by molar-refractivity contribution is 6.28. The van der Waals surface area contributed by atoms with Crippen LogP contribution in [0.3, 0.4) is 0 Å². The van der Waals surface area contributed by atoms with Gasteiger partial charge in [-0.1, -0.05) is 0 Å². The molecule has 2 aromatic rings. The van der Waals surface area contributed by atoms with Gasteiger partial charge in [-0.3, -0.25) is 0 Å². The maximum Gasteiger partial charge on any atom is 0.193 e. The first kappa shape index (κ1) is 15.1. The highest BCUT2D eigenvalue weighted by Gasteiger charge is 2.25. The van der Waals surface area contributed by atoms with E-state index in [2.05, 4.69) is 25.5 Å². The van der Waals surface area contributed by atoms with Crippen LogP contribution in [-0.2, 0) is 6.54 Å². The summed E-state index contributed by atoms with van der Waals surface area (Å²) in [5.74, 6) is 2.67.